The van der Waals surface area contributed by atoms with E-state index in [0.717, 1.165) is 16.6 Å². The van der Waals surface area contributed by atoms with Crippen LogP contribution >= 0.6 is 0 Å². The van der Waals surface area contributed by atoms with Gasteiger partial charge in [0.25, 0.3) is 0 Å². The molecule has 1 aromatic heterocycles. The first-order valence-corrected chi connectivity index (χ1v) is 9.30. The Morgan fingerprint density at radius 1 is 1.21 bits per heavy atom. The van der Waals surface area contributed by atoms with Gasteiger partial charge in [0.1, 0.15) is 0 Å². The van der Waals surface area contributed by atoms with Gasteiger partial charge in [-0.2, -0.15) is 0 Å². The molecule has 1 atom stereocenters. The molecule has 2 amide bonds. The number of nitrogens with one attached hydrogen (secondary N) is 2. The molecule has 2 N–H and O–H groups in total. The molecule has 29 heavy (non-hydrogen) atoms. The van der Waals surface area contributed by atoms with Crippen LogP contribution in [-0.4, -0.2) is 47.4 Å². The lowest BCUT2D eigenvalue weighted by Gasteiger charge is -2.18. The summed E-state index contributed by atoms with van der Waals surface area (Å²) in [6.45, 7) is 0.800. The number of methoxy groups -OCH3 is 2. The standard InChI is InChI=1S/C21H22N4O4/c1-28-18-6-3-13(7-19(18)29-2)10-25-11-14(8-20(25)26)21(27)24-15-4-5-16-17(9-15)23-12-22-16/h3-7,9,12,14H,8,10-11H2,1-2H3,(H,22,23)(H,24,27)/t14-/m1/s1. The lowest BCUT2D eigenvalue weighted by molar-refractivity contribution is -0.128. The molecule has 2 heterocycles. The van der Waals surface area contributed by atoms with E-state index in [4.69, 9.17) is 9.47 Å². The summed E-state index contributed by atoms with van der Waals surface area (Å²) in [4.78, 5) is 34.0. The van der Waals surface area contributed by atoms with Crippen molar-refractivity contribution in [2.45, 2.75) is 13.0 Å². The van der Waals surface area contributed by atoms with E-state index in [-0.39, 0.29) is 24.2 Å². The van der Waals surface area contributed by atoms with E-state index in [1.54, 1.807) is 31.5 Å². The fourth-order valence-electron chi connectivity index (χ4n) is 3.56. The van der Waals surface area contributed by atoms with Gasteiger partial charge in [-0.15, -0.1) is 0 Å². The lowest BCUT2D eigenvalue weighted by atomic mass is 10.1. The third kappa shape index (κ3) is 3.87. The Bertz CT molecular complexity index is 1060. The number of carbonyl (C=O) groups excluding carboxylic acids is 2. The topological polar surface area (TPSA) is 96.5 Å². The number of fused-ring (bicyclic) bond motifs is 1. The second-order valence-electron chi connectivity index (χ2n) is 6.99. The average molecular weight is 394 g/mol. The van der Waals surface area contributed by atoms with Crippen LogP contribution in [0.1, 0.15) is 12.0 Å². The van der Waals surface area contributed by atoms with Crippen LogP contribution in [0.25, 0.3) is 11.0 Å². The van der Waals surface area contributed by atoms with Crippen molar-refractivity contribution >= 4 is 28.5 Å². The second kappa shape index (κ2) is 7.83. The molecule has 0 spiro atoms. The van der Waals surface area contributed by atoms with E-state index in [0.29, 0.717) is 30.3 Å². The fourth-order valence-corrected chi connectivity index (χ4v) is 3.56. The fraction of sp³-hybridized carbons (Fsp3) is 0.286. The number of H-pyrrole nitrogens is 1. The smallest absolute Gasteiger partial charge is 0.229 e. The summed E-state index contributed by atoms with van der Waals surface area (Å²) >= 11 is 0. The van der Waals surface area contributed by atoms with Crippen molar-refractivity contribution in [1.29, 1.82) is 0 Å². The molecule has 8 nitrogen and oxygen atoms in total. The number of likely N-dealkylation sites (tertiary alicyclic amines) is 1. The van der Waals surface area contributed by atoms with Crippen molar-refractivity contribution in [2.75, 3.05) is 26.1 Å². The first-order valence-electron chi connectivity index (χ1n) is 9.30. The largest absolute Gasteiger partial charge is 0.493 e. The van der Waals surface area contributed by atoms with Gasteiger partial charge < -0.3 is 24.7 Å². The van der Waals surface area contributed by atoms with Crippen molar-refractivity contribution < 1.29 is 19.1 Å². The molecule has 3 aromatic rings. The normalized spacial score (nSPS) is 16.3. The molecule has 1 saturated heterocycles. The summed E-state index contributed by atoms with van der Waals surface area (Å²) in [5.41, 5.74) is 3.28. The Balaban J connectivity index is 1.41. The molecule has 1 aliphatic heterocycles. The van der Waals surface area contributed by atoms with Crippen molar-refractivity contribution in [3.05, 3.63) is 48.3 Å². The summed E-state index contributed by atoms with van der Waals surface area (Å²) in [5.74, 6) is 0.659. The lowest BCUT2D eigenvalue weighted by Crippen LogP contribution is -2.28. The minimum absolute atomic E-state index is 0.0380. The number of ether oxygens (including phenoxy) is 2. The summed E-state index contributed by atoms with van der Waals surface area (Å²) in [6.07, 6.45) is 1.81. The average Bonchev–Trinajstić information content (AvgIpc) is 3.34. The minimum Gasteiger partial charge on any atom is -0.493 e. The van der Waals surface area contributed by atoms with E-state index < -0.39 is 0 Å². The Morgan fingerprint density at radius 3 is 2.83 bits per heavy atom. The third-order valence-electron chi connectivity index (χ3n) is 5.09. The van der Waals surface area contributed by atoms with Gasteiger partial charge in [-0.1, -0.05) is 6.07 Å². The monoisotopic (exact) mass is 394 g/mol. The summed E-state index contributed by atoms with van der Waals surface area (Å²) in [6, 6.07) is 11.0. The van der Waals surface area contributed by atoms with Crippen LogP contribution in [0, 0.1) is 5.92 Å². The van der Waals surface area contributed by atoms with E-state index >= 15 is 0 Å². The van der Waals surface area contributed by atoms with Gasteiger partial charge in [-0.3, -0.25) is 9.59 Å². The van der Waals surface area contributed by atoms with Crippen LogP contribution in [0.3, 0.4) is 0 Å². The molecule has 1 fully saturated rings. The number of hydrogen-bond acceptors (Lipinski definition) is 5. The number of hydrogen-bond donors (Lipinski definition) is 2. The van der Waals surface area contributed by atoms with Crippen LogP contribution in [-0.2, 0) is 16.1 Å². The van der Waals surface area contributed by atoms with Crippen molar-refractivity contribution in [2.24, 2.45) is 5.92 Å². The van der Waals surface area contributed by atoms with Gasteiger partial charge in [-0.05, 0) is 35.9 Å². The van der Waals surface area contributed by atoms with Crippen LogP contribution < -0.4 is 14.8 Å². The first kappa shape index (κ1) is 18.8. The predicted molar refractivity (Wildman–Crippen MR) is 108 cm³/mol. The Labute approximate surface area is 167 Å². The third-order valence-corrected chi connectivity index (χ3v) is 5.09. The number of nitrogens with zero attached hydrogens (tertiary/aromatic N) is 2. The molecule has 150 valence electrons. The first-order chi connectivity index (χ1) is 14.1. The molecule has 4 rings (SSSR count). The molecule has 0 saturated carbocycles. The Hall–Kier alpha value is -3.55. The molecule has 1 aliphatic rings. The number of imidazole rings is 1. The molecule has 0 bridgehead atoms. The minimum atomic E-state index is -0.389. The zero-order valence-corrected chi connectivity index (χ0v) is 16.3. The molecule has 0 aliphatic carbocycles. The predicted octanol–water partition coefficient (Wildman–Crippen LogP) is 2.57. The number of amides is 2. The van der Waals surface area contributed by atoms with Gasteiger partial charge in [0.05, 0.1) is 37.5 Å². The molecular weight excluding hydrogens is 372 g/mol. The van der Waals surface area contributed by atoms with Gasteiger partial charge in [0.15, 0.2) is 11.5 Å². The number of rotatable bonds is 6. The maximum absolute atomic E-state index is 12.7. The zero-order valence-electron chi connectivity index (χ0n) is 16.3. The number of benzene rings is 2. The maximum atomic E-state index is 12.7. The Kier molecular flexibility index (Phi) is 5.07. The SMILES string of the molecule is COc1ccc(CN2C[C@H](C(=O)Nc3ccc4nc[nH]c4c3)CC2=O)cc1OC. The van der Waals surface area contributed by atoms with E-state index in [2.05, 4.69) is 15.3 Å². The molecule has 2 aromatic carbocycles. The zero-order chi connectivity index (χ0) is 20.4. The second-order valence-corrected chi connectivity index (χ2v) is 6.99. The van der Waals surface area contributed by atoms with Crippen molar-refractivity contribution in [3.8, 4) is 11.5 Å². The molecule has 0 unspecified atom stereocenters. The number of anilines is 1. The van der Waals surface area contributed by atoms with Gasteiger partial charge >= 0.3 is 0 Å². The summed E-state index contributed by atoms with van der Waals surface area (Å²) in [5, 5.41) is 2.90. The Morgan fingerprint density at radius 2 is 2.03 bits per heavy atom. The summed E-state index contributed by atoms with van der Waals surface area (Å²) < 4.78 is 10.6. The highest BCUT2D eigenvalue weighted by Crippen LogP contribution is 2.29. The molecule has 8 heteroatoms. The van der Waals surface area contributed by atoms with Crippen LogP contribution in [0.5, 0.6) is 11.5 Å². The van der Waals surface area contributed by atoms with E-state index in [1.165, 1.54) is 0 Å². The van der Waals surface area contributed by atoms with Crippen LogP contribution in [0.2, 0.25) is 0 Å². The molecule has 0 radical (unpaired) electrons. The van der Waals surface area contributed by atoms with E-state index in [1.807, 2.05) is 30.3 Å². The van der Waals surface area contributed by atoms with Gasteiger partial charge in [0, 0.05) is 25.2 Å². The van der Waals surface area contributed by atoms with Crippen LogP contribution in [0.4, 0.5) is 5.69 Å². The number of carbonyl (C=O) groups is 2. The highest BCUT2D eigenvalue weighted by atomic mass is 16.5. The number of aromatic amines is 1. The van der Waals surface area contributed by atoms with Gasteiger partial charge in [-0.25, -0.2) is 4.98 Å². The van der Waals surface area contributed by atoms with Gasteiger partial charge in [0.2, 0.25) is 11.8 Å². The quantitative estimate of drug-likeness (QED) is 0.670. The number of aromatic nitrogens is 2. The van der Waals surface area contributed by atoms with E-state index in [9.17, 15) is 9.59 Å². The maximum Gasteiger partial charge on any atom is 0.229 e. The molecular formula is C21H22N4O4. The summed E-state index contributed by atoms with van der Waals surface area (Å²) in [7, 11) is 3.15. The van der Waals surface area contributed by atoms with Crippen molar-refractivity contribution in [3.63, 3.8) is 0 Å². The highest BCUT2D eigenvalue weighted by molar-refractivity contribution is 5.98. The van der Waals surface area contributed by atoms with Crippen LogP contribution in [0.15, 0.2) is 42.7 Å². The van der Waals surface area contributed by atoms with Crippen molar-refractivity contribution in [1.82, 2.24) is 14.9 Å². The highest BCUT2D eigenvalue weighted by Gasteiger charge is 2.34.